The van der Waals surface area contributed by atoms with Crippen LogP contribution in [0.5, 0.6) is 0 Å². The van der Waals surface area contributed by atoms with E-state index in [4.69, 9.17) is 11.6 Å². The average molecular weight is 181 g/mol. The molecule has 0 saturated heterocycles. The highest BCUT2D eigenvalue weighted by atomic mass is 35.5. The minimum Gasteiger partial charge on any atom is -0.0843 e. The highest BCUT2D eigenvalue weighted by molar-refractivity contribution is 6.30. The lowest BCUT2D eigenvalue weighted by Crippen LogP contribution is -1.81. The number of rotatable bonds is 2. The summed E-state index contributed by atoms with van der Waals surface area (Å²) in [6, 6.07) is 8.29. The Balaban J connectivity index is 2.10. The van der Waals surface area contributed by atoms with Gasteiger partial charge in [0.2, 0.25) is 0 Å². The van der Waals surface area contributed by atoms with Crippen LogP contribution in [0.1, 0.15) is 31.2 Å². The molecule has 0 nitrogen and oxygen atoms in total. The van der Waals surface area contributed by atoms with E-state index in [1.54, 1.807) is 0 Å². The van der Waals surface area contributed by atoms with Crippen LogP contribution in [0.25, 0.3) is 0 Å². The van der Waals surface area contributed by atoms with Crippen LogP contribution in [-0.2, 0) is 0 Å². The minimum atomic E-state index is 0.826. The molecule has 12 heavy (non-hydrogen) atoms. The summed E-state index contributed by atoms with van der Waals surface area (Å²) < 4.78 is 0. The van der Waals surface area contributed by atoms with E-state index in [1.165, 1.54) is 18.4 Å². The molecule has 1 aliphatic rings. The topological polar surface area (TPSA) is 0 Å². The van der Waals surface area contributed by atoms with Crippen molar-refractivity contribution in [2.24, 2.45) is 5.92 Å². The van der Waals surface area contributed by atoms with Crippen molar-refractivity contribution in [3.05, 3.63) is 34.9 Å². The van der Waals surface area contributed by atoms with Gasteiger partial charge in [0.25, 0.3) is 0 Å². The first-order valence-corrected chi connectivity index (χ1v) is 4.94. The maximum atomic E-state index is 5.81. The van der Waals surface area contributed by atoms with Gasteiger partial charge in [-0.3, -0.25) is 0 Å². The number of benzene rings is 1. The van der Waals surface area contributed by atoms with Gasteiger partial charge in [-0.05, 0) is 36.0 Å². The smallest absolute Gasteiger partial charge is 0.0406 e. The van der Waals surface area contributed by atoms with Gasteiger partial charge in [0, 0.05) is 5.02 Å². The fourth-order valence-electron chi connectivity index (χ4n) is 1.82. The summed E-state index contributed by atoms with van der Waals surface area (Å²) in [6.07, 6.45) is 2.69. The molecule has 0 N–H and O–H groups in total. The number of hydrogen-bond acceptors (Lipinski definition) is 0. The zero-order valence-electron chi connectivity index (χ0n) is 7.26. The molecule has 0 bridgehead atoms. The van der Waals surface area contributed by atoms with E-state index in [2.05, 4.69) is 19.1 Å². The normalized spacial score (nSPS) is 27.2. The van der Waals surface area contributed by atoms with Gasteiger partial charge in [-0.15, -0.1) is 0 Å². The summed E-state index contributed by atoms with van der Waals surface area (Å²) in [5.41, 5.74) is 1.46. The van der Waals surface area contributed by atoms with Crippen molar-refractivity contribution in [1.29, 1.82) is 0 Å². The third-order valence-corrected chi connectivity index (χ3v) is 3.00. The molecule has 1 aromatic carbocycles. The Morgan fingerprint density at radius 2 is 2.00 bits per heavy atom. The third-order valence-electron chi connectivity index (χ3n) is 2.75. The first-order valence-electron chi connectivity index (χ1n) is 4.56. The molecule has 0 amide bonds. The second-order valence-corrected chi connectivity index (χ2v) is 4.00. The standard InChI is InChI=1S/C11H13Cl/c1-2-8-7-11(8)9-3-5-10(12)6-4-9/h3-6,8,11H,2,7H2,1H3/t8-,11-/m0/s1. The number of halogens is 1. The summed E-state index contributed by atoms with van der Waals surface area (Å²) in [5.74, 6) is 1.76. The van der Waals surface area contributed by atoms with Gasteiger partial charge in [0.05, 0.1) is 0 Å². The number of hydrogen-bond donors (Lipinski definition) is 0. The maximum absolute atomic E-state index is 5.81. The van der Waals surface area contributed by atoms with Crippen molar-refractivity contribution < 1.29 is 0 Å². The molecule has 0 heterocycles. The summed E-state index contributed by atoms with van der Waals surface area (Å²) in [6.45, 7) is 2.26. The molecule has 64 valence electrons. The Kier molecular flexibility index (Phi) is 2.10. The van der Waals surface area contributed by atoms with Crippen LogP contribution in [0.4, 0.5) is 0 Å². The summed E-state index contributed by atoms with van der Waals surface area (Å²) in [4.78, 5) is 0. The predicted molar refractivity (Wildman–Crippen MR) is 52.6 cm³/mol. The lowest BCUT2D eigenvalue weighted by atomic mass is 10.1. The van der Waals surface area contributed by atoms with Gasteiger partial charge in [-0.1, -0.05) is 37.1 Å². The van der Waals surface area contributed by atoms with Crippen molar-refractivity contribution in [3.63, 3.8) is 0 Å². The first-order chi connectivity index (χ1) is 5.81. The highest BCUT2D eigenvalue weighted by Gasteiger charge is 2.36. The molecule has 0 aliphatic heterocycles. The van der Waals surface area contributed by atoms with E-state index in [1.807, 2.05) is 12.1 Å². The van der Waals surface area contributed by atoms with E-state index in [-0.39, 0.29) is 0 Å². The quantitative estimate of drug-likeness (QED) is 0.649. The van der Waals surface area contributed by atoms with Crippen LogP contribution in [0.3, 0.4) is 0 Å². The van der Waals surface area contributed by atoms with Crippen molar-refractivity contribution in [2.75, 3.05) is 0 Å². The SMILES string of the molecule is CC[C@H]1C[C@@H]1c1ccc(Cl)cc1. The molecule has 2 atom stereocenters. The van der Waals surface area contributed by atoms with Crippen LogP contribution >= 0.6 is 11.6 Å². The Hall–Kier alpha value is -0.490. The molecule has 0 aromatic heterocycles. The summed E-state index contributed by atoms with van der Waals surface area (Å²) in [5, 5.41) is 0.840. The van der Waals surface area contributed by atoms with Crippen LogP contribution in [-0.4, -0.2) is 0 Å². The van der Waals surface area contributed by atoms with Crippen molar-refractivity contribution in [3.8, 4) is 0 Å². The molecule has 1 heteroatoms. The fourth-order valence-corrected chi connectivity index (χ4v) is 1.94. The van der Waals surface area contributed by atoms with E-state index in [9.17, 15) is 0 Å². The monoisotopic (exact) mass is 180 g/mol. The summed E-state index contributed by atoms with van der Waals surface area (Å²) in [7, 11) is 0. The molecule has 1 aromatic rings. The minimum absolute atomic E-state index is 0.826. The molecule has 0 unspecified atom stereocenters. The van der Waals surface area contributed by atoms with Crippen LogP contribution in [0, 0.1) is 5.92 Å². The second-order valence-electron chi connectivity index (χ2n) is 3.56. The lowest BCUT2D eigenvalue weighted by molar-refractivity contribution is 0.766. The van der Waals surface area contributed by atoms with Crippen molar-refractivity contribution in [2.45, 2.75) is 25.7 Å². The van der Waals surface area contributed by atoms with Gasteiger partial charge < -0.3 is 0 Å². The van der Waals surface area contributed by atoms with Crippen LogP contribution in [0.2, 0.25) is 5.02 Å². The third kappa shape index (κ3) is 1.49. The van der Waals surface area contributed by atoms with Gasteiger partial charge in [-0.2, -0.15) is 0 Å². The Morgan fingerprint density at radius 1 is 1.33 bits per heavy atom. The van der Waals surface area contributed by atoms with Crippen LogP contribution in [0.15, 0.2) is 24.3 Å². The Bertz CT molecular complexity index is 263. The van der Waals surface area contributed by atoms with Gasteiger partial charge in [0.15, 0.2) is 0 Å². The van der Waals surface area contributed by atoms with Gasteiger partial charge in [0.1, 0.15) is 0 Å². The Morgan fingerprint density at radius 3 is 2.50 bits per heavy atom. The molecular formula is C11H13Cl. The molecule has 1 aliphatic carbocycles. The largest absolute Gasteiger partial charge is 0.0843 e. The first kappa shape index (κ1) is 8.12. The van der Waals surface area contributed by atoms with E-state index < -0.39 is 0 Å². The predicted octanol–water partition coefficient (Wildman–Crippen LogP) is 3.85. The van der Waals surface area contributed by atoms with Gasteiger partial charge in [-0.25, -0.2) is 0 Å². The molecule has 1 fully saturated rings. The zero-order valence-corrected chi connectivity index (χ0v) is 8.01. The highest BCUT2D eigenvalue weighted by Crippen LogP contribution is 2.49. The fraction of sp³-hybridized carbons (Fsp3) is 0.455. The maximum Gasteiger partial charge on any atom is 0.0406 e. The molecule has 0 radical (unpaired) electrons. The molecule has 2 rings (SSSR count). The van der Waals surface area contributed by atoms with Crippen molar-refractivity contribution >= 4 is 11.6 Å². The second kappa shape index (κ2) is 3.10. The van der Waals surface area contributed by atoms with Gasteiger partial charge >= 0.3 is 0 Å². The molecule has 0 spiro atoms. The lowest BCUT2D eigenvalue weighted by Gasteiger charge is -1.98. The Labute approximate surface area is 78.6 Å². The zero-order chi connectivity index (χ0) is 8.55. The van der Waals surface area contributed by atoms with E-state index >= 15 is 0 Å². The summed E-state index contributed by atoms with van der Waals surface area (Å²) >= 11 is 5.81. The molecular weight excluding hydrogens is 168 g/mol. The van der Waals surface area contributed by atoms with E-state index in [0.29, 0.717) is 0 Å². The average Bonchev–Trinajstić information content (AvgIpc) is 2.85. The van der Waals surface area contributed by atoms with Crippen molar-refractivity contribution in [1.82, 2.24) is 0 Å². The van der Waals surface area contributed by atoms with E-state index in [0.717, 1.165) is 16.9 Å². The molecule has 1 saturated carbocycles. The van der Waals surface area contributed by atoms with Crippen LogP contribution < -0.4 is 0 Å².